The molecule has 1 fully saturated rings. The van der Waals surface area contributed by atoms with Gasteiger partial charge in [0.15, 0.2) is 0 Å². The van der Waals surface area contributed by atoms with Gasteiger partial charge in [0.1, 0.15) is 0 Å². The zero-order valence-corrected chi connectivity index (χ0v) is 9.65. The largest absolute Gasteiger partial charge is 0.355 e. The maximum absolute atomic E-state index is 11.4. The van der Waals surface area contributed by atoms with Gasteiger partial charge in [-0.15, -0.1) is 0 Å². The number of nitrogens with zero attached hydrogens (tertiary/aromatic N) is 2. The zero-order chi connectivity index (χ0) is 12.1. The number of nitrogens with one attached hydrogen (secondary N) is 1. The molecule has 88 valence electrons. The van der Waals surface area contributed by atoms with Crippen molar-refractivity contribution < 1.29 is 4.79 Å². The van der Waals surface area contributed by atoms with Gasteiger partial charge in [-0.1, -0.05) is 18.2 Å². The Bertz CT molecular complexity index is 450. The van der Waals surface area contributed by atoms with Gasteiger partial charge < -0.3 is 5.32 Å². The maximum atomic E-state index is 11.4. The smallest absolute Gasteiger partial charge is 0.234 e. The van der Waals surface area contributed by atoms with Crippen LogP contribution in [0.4, 0.5) is 0 Å². The summed E-state index contributed by atoms with van der Waals surface area (Å²) in [6, 6.07) is 9.73. The van der Waals surface area contributed by atoms with Gasteiger partial charge in [0.25, 0.3) is 0 Å². The monoisotopic (exact) mass is 229 g/mol. The molecule has 1 saturated heterocycles. The number of hydrogen-bond acceptors (Lipinski definition) is 3. The number of hydrogen-bond donors (Lipinski definition) is 1. The van der Waals surface area contributed by atoms with E-state index in [4.69, 9.17) is 5.26 Å². The third kappa shape index (κ3) is 3.05. The van der Waals surface area contributed by atoms with Crippen molar-refractivity contribution in [1.29, 1.82) is 5.26 Å². The predicted molar refractivity (Wildman–Crippen MR) is 64.1 cm³/mol. The summed E-state index contributed by atoms with van der Waals surface area (Å²) in [4.78, 5) is 13.5. The summed E-state index contributed by atoms with van der Waals surface area (Å²) >= 11 is 0. The van der Waals surface area contributed by atoms with Crippen molar-refractivity contribution in [2.75, 3.05) is 19.6 Å². The highest BCUT2D eigenvalue weighted by Crippen LogP contribution is 2.11. The first-order valence-electron chi connectivity index (χ1n) is 5.76. The standard InChI is InChI=1S/C13H15N3O/c14-8-11-4-1-2-5-12(11)9-16-7-3-6-15-13(17)10-16/h1-2,4-5H,3,6-7,9-10H2,(H,15,17). The van der Waals surface area contributed by atoms with Crippen LogP contribution in [0.5, 0.6) is 0 Å². The second-order valence-electron chi connectivity index (χ2n) is 4.18. The van der Waals surface area contributed by atoms with E-state index in [0.717, 1.165) is 25.1 Å². The van der Waals surface area contributed by atoms with Crippen LogP contribution in [0, 0.1) is 11.3 Å². The fourth-order valence-corrected chi connectivity index (χ4v) is 2.01. The van der Waals surface area contributed by atoms with E-state index < -0.39 is 0 Å². The van der Waals surface area contributed by atoms with Crippen molar-refractivity contribution in [3.05, 3.63) is 35.4 Å². The van der Waals surface area contributed by atoms with E-state index in [1.807, 2.05) is 24.3 Å². The summed E-state index contributed by atoms with van der Waals surface area (Å²) in [7, 11) is 0. The molecule has 0 saturated carbocycles. The van der Waals surface area contributed by atoms with Gasteiger partial charge in [0.05, 0.1) is 18.2 Å². The first-order chi connectivity index (χ1) is 8.29. The Morgan fingerprint density at radius 2 is 2.24 bits per heavy atom. The van der Waals surface area contributed by atoms with Gasteiger partial charge in [0.2, 0.25) is 5.91 Å². The van der Waals surface area contributed by atoms with Crippen molar-refractivity contribution in [2.45, 2.75) is 13.0 Å². The minimum atomic E-state index is 0.0666. The Morgan fingerprint density at radius 3 is 3.06 bits per heavy atom. The number of nitriles is 1. The van der Waals surface area contributed by atoms with Gasteiger partial charge in [-0.25, -0.2) is 0 Å². The summed E-state index contributed by atoms with van der Waals surface area (Å²) in [5.41, 5.74) is 1.68. The van der Waals surface area contributed by atoms with E-state index in [1.54, 1.807) is 0 Å². The Kier molecular flexibility index (Phi) is 3.73. The van der Waals surface area contributed by atoms with E-state index in [1.165, 1.54) is 0 Å². The zero-order valence-electron chi connectivity index (χ0n) is 9.65. The summed E-state index contributed by atoms with van der Waals surface area (Å²) in [5, 5.41) is 11.9. The quantitative estimate of drug-likeness (QED) is 0.819. The fourth-order valence-electron chi connectivity index (χ4n) is 2.01. The van der Waals surface area contributed by atoms with Crippen molar-refractivity contribution >= 4 is 5.91 Å². The first kappa shape index (κ1) is 11.6. The lowest BCUT2D eigenvalue weighted by molar-refractivity contribution is -0.121. The van der Waals surface area contributed by atoms with Crippen LogP contribution in [0.15, 0.2) is 24.3 Å². The molecule has 0 aromatic heterocycles. The second kappa shape index (κ2) is 5.46. The highest BCUT2D eigenvalue weighted by atomic mass is 16.2. The van der Waals surface area contributed by atoms with Gasteiger partial charge in [-0.3, -0.25) is 9.69 Å². The van der Waals surface area contributed by atoms with Crippen LogP contribution in [0.25, 0.3) is 0 Å². The molecule has 0 spiro atoms. The van der Waals surface area contributed by atoms with Crippen LogP contribution in [0.2, 0.25) is 0 Å². The average Bonchev–Trinajstić information content (AvgIpc) is 2.54. The molecule has 1 aromatic carbocycles. The van der Waals surface area contributed by atoms with E-state index >= 15 is 0 Å². The normalized spacial score (nSPS) is 17.0. The molecular formula is C13H15N3O. The van der Waals surface area contributed by atoms with Gasteiger partial charge in [-0.05, 0) is 18.1 Å². The van der Waals surface area contributed by atoms with E-state index in [2.05, 4.69) is 16.3 Å². The number of amides is 1. The molecule has 1 N–H and O–H groups in total. The molecular weight excluding hydrogens is 214 g/mol. The molecule has 4 heteroatoms. The molecule has 1 aliphatic heterocycles. The molecule has 2 rings (SSSR count). The van der Waals surface area contributed by atoms with Crippen LogP contribution in [-0.2, 0) is 11.3 Å². The van der Waals surface area contributed by atoms with Crippen molar-refractivity contribution in [1.82, 2.24) is 10.2 Å². The Hall–Kier alpha value is -1.86. The van der Waals surface area contributed by atoms with Gasteiger partial charge >= 0.3 is 0 Å². The summed E-state index contributed by atoms with van der Waals surface area (Å²) in [6.07, 6.45) is 0.959. The number of carbonyl (C=O) groups is 1. The highest BCUT2D eigenvalue weighted by Gasteiger charge is 2.15. The molecule has 0 aliphatic carbocycles. The van der Waals surface area contributed by atoms with Crippen molar-refractivity contribution in [3.63, 3.8) is 0 Å². The van der Waals surface area contributed by atoms with Crippen LogP contribution >= 0.6 is 0 Å². The van der Waals surface area contributed by atoms with Crippen LogP contribution in [0.3, 0.4) is 0 Å². The van der Waals surface area contributed by atoms with E-state index in [0.29, 0.717) is 18.7 Å². The third-order valence-corrected chi connectivity index (χ3v) is 2.87. The predicted octanol–water partition coefficient (Wildman–Crippen LogP) is 0.880. The third-order valence-electron chi connectivity index (χ3n) is 2.87. The Morgan fingerprint density at radius 1 is 1.41 bits per heavy atom. The number of benzene rings is 1. The van der Waals surface area contributed by atoms with Crippen LogP contribution in [-0.4, -0.2) is 30.4 Å². The van der Waals surface area contributed by atoms with E-state index in [-0.39, 0.29) is 5.91 Å². The maximum Gasteiger partial charge on any atom is 0.234 e. The second-order valence-corrected chi connectivity index (χ2v) is 4.18. The minimum absolute atomic E-state index is 0.0666. The topological polar surface area (TPSA) is 56.1 Å². The number of carbonyl (C=O) groups excluding carboxylic acids is 1. The van der Waals surface area contributed by atoms with Gasteiger partial charge in [0, 0.05) is 19.6 Å². The van der Waals surface area contributed by atoms with Crippen molar-refractivity contribution in [3.8, 4) is 6.07 Å². The molecule has 4 nitrogen and oxygen atoms in total. The lowest BCUT2D eigenvalue weighted by Gasteiger charge is -2.18. The van der Waals surface area contributed by atoms with Crippen LogP contribution < -0.4 is 5.32 Å². The first-order valence-corrected chi connectivity index (χ1v) is 5.76. The van der Waals surface area contributed by atoms with Gasteiger partial charge in [-0.2, -0.15) is 5.26 Å². The van der Waals surface area contributed by atoms with E-state index in [9.17, 15) is 4.79 Å². The molecule has 0 radical (unpaired) electrons. The van der Waals surface area contributed by atoms with Crippen LogP contribution in [0.1, 0.15) is 17.5 Å². The summed E-state index contributed by atoms with van der Waals surface area (Å²) in [6.45, 7) is 2.71. The fraction of sp³-hybridized carbons (Fsp3) is 0.385. The molecule has 0 atom stereocenters. The lowest BCUT2D eigenvalue weighted by Crippen LogP contribution is -2.32. The molecule has 1 aromatic rings. The highest BCUT2D eigenvalue weighted by molar-refractivity contribution is 5.78. The molecule has 17 heavy (non-hydrogen) atoms. The SMILES string of the molecule is N#Cc1ccccc1CN1CCCNC(=O)C1. The minimum Gasteiger partial charge on any atom is -0.355 e. The molecule has 0 unspecified atom stereocenters. The molecule has 1 heterocycles. The summed E-state index contributed by atoms with van der Waals surface area (Å²) < 4.78 is 0. The Balaban J connectivity index is 2.09. The Labute approximate surface area is 101 Å². The molecule has 1 aliphatic rings. The summed E-state index contributed by atoms with van der Waals surface area (Å²) in [5.74, 6) is 0.0666. The van der Waals surface area contributed by atoms with Crippen molar-refractivity contribution in [2.24, 2.45) is 0 Å². The number of rotatable bonds is 2. The molecule has 0 bridgehead atoms. The molecule has 1 amide bonds. The average molecular weight is 229 g/mol. The lowest BCUT2D eigenvalue weighted by atomic mass is 10.1.